The highest BCUT2D eigenvalue weighted by Crippen LogP contribution is 2.48. The van der Waals surface area contributed by atoms with Gasteiger partial charge in [0.15, 0.2) is 0 Å². The summed E-state index contributed by atoms with van der Waals surface area (Å²) in [6.07, 6.45) is 3.57. The summed E-state index contributed by atoms with van der Waals surface area (Å²) in [5.41, 5.74) is 6.37. The summed E-state index contributed by atoms with van der Waals surface area (Å²) in [7, 11) is 0. The summed E-state index contributed by atoms with van der Waals surface area (Å²) in [5.74, 6) is 3.69. The Morgan fingerprint density at radius 1 is 1.32 bits per heavy atom. The highest BCUT2D eigenvalue weighted by molar-refractivity contribution is 5.20. The van der Waals surface area contributed by atoms with Crippen LogP contribution in [0, 0.1) is 5.92 Å². The summed E-state index contributed by atoms with van der Waals surface area (Å²) in [6.45, 7) is 7.92. The maximum atomic E-state index is 6.37. The first-order chi connectivity index (χ1) is 9.08. The number of nitrogens with two attached hydrogens (primary N) is 1. The van der Waals surface area contributed by atoms with Crippen molar-refractivity contribution in [3.63, 3.8) is 0 Å². The fourth-order valence-electron chi connectivity index (χ4n) is 3.45. The molecule has 1 saturated heterocycles. The molecule has 1 aliphatic carbocycles. The molecule has 0 amide bonds. The Morgan fingerprint density at radius 3 is 2.63 bits per heavy atom. The van der Waals surface area contributed by atoms with Crippen LogP contribution in [0.2, 0.25) is 0 Å². The molecule has 3 rings (SSSR count). The average molecular weight is 262 g/mol. The molecule has 2 heterocycles. The molecule has 0 bridgehead atoms. The molecule has 3 nitrogen and oxygen atoms in total. The van der Waals surface area contributed by atoms with Crippen LogP contribution in [0.15, 0.2) is 16.5 Å². The molecule has 1 aromatic rings. The van der Waals surface area contributed by atoms with E-state index in [1.165, 1.54) is 18.6 Å². The molecule has 2 aliphatic rings. The predicted octanol–water partition coefficient (Wildman–Crippen LogP) is 3.28. The fraction of sp³-hybridized carbons (Fsp3) is 0.750. The van der Waals surface area contributed by atoms with Gasteiger partial charge < -0.3 is 10.2 Å². The van der Waals surface area contributed by atoms with E-state index in [9.17, 15) is 0 Å². The van der Waals surface area contributed by atoms with Gasteiger partial charge in [-0.05, 0) is 57.7 Å². The van der Waals surface area contributed by atoms with Gasteiger partial charge in [0.05, 0.1) is 6.04 Å². The SMILES string of the molecule is CC1CC1c1ccc(C2C(N)CCCN2C(C)C)o1. The van der Waals surface area contributed by atoms with Gasteiger partial charge in [0.2, 0.25) is 0 Å². The van der Waals surface area contributed by atoms with Gasteiger partial charge in [-0.3, -0.25) is 4.90 Å². The van der Waals surface area contributed by atoms with E-state index in [1.54, 1.807) is 0 Å². The Hall–Kier alpha value is -0.800. The van der Waals surface area contributed by atoms with E-state index in [1.807, 2.05) is 0 Å². The molecular weight excluding hydrogens is 236 g/mol. The van der Waals surface area contributed by atoms with Crippen molar-refractivity contribution in [2.45, 2.75) is 64.1 Å². The first kappa shape index (κ1) is 13.2. The van der Waals surface area contributed by atoms with Crippen molar-refractivity contribution >= 4 is 0 Å². The Kier molecular flexibility index (Phi) is 3.44. The van der Waals surface area contributed by atoms with Crippen molar-refractivity contribution in [1.29, 1.82) is 0 Å². The highest BCUT2D eigenvalue weighted by atomic mass is 16.3. The number of nitrogens with zero attached hydrogens (tertiary/aromatic N) is 1. The van der Waals surface area contributed by atoms with Crippen LogP contribution >= 0.6 is 0 Å². The normalized spacial score (nSPS) is 35.8. The lowest BCUT2D eigenvalue weighted by atomic mass is 9.94. The third-order valence-corrected chi connectivity index (χ3v) is 4.79. The minimum atomic E-state index is 0.201. The molecule has 4 atom stereocenters. The lowest BCUT2D eigenvalue weighted by Gasteiger charge is -2.41. The second-order valence-corrected chi connectivity index (χ2v) is 6.64. The van der Waals surface area contributed by atoms with Gasteiger partial charge in [0.25, 0.3) is 0 Å². The maximum absolute atomic E-state index is 6.37. The molecule has 4 unspecified atom stereocenters. The van der Waals surface area contributed by atoms with Gasteiger partial charge in [0.1, 0.15) is 11.5 Å². The van der Waals surface area contributed by atoms with Crippen LogP contribution in [0.4, 0.5) is 0 Å². The van der Waals surface area contributed by atoms with Crippen LogP contribution in [0.25, 0.3) is 0 Å². The van der Waals surface area contributed by atoms with Crippen molar-refractivity contribution in [2.24, 2.45) is 11.7 Å². The van der Waals surface area contributed by atoms with Gasteiger partial charge in [-0.15, -0.1) is 0 Å². The summed E-state index contributed by atoms with van der Waals surface area (Å²) in [6, 6.07) is 5.31. The third kappa shape index (κ3) is 2.46. The van der Waals surface area contributed by atoms with Crippen LogP contribution in [0.1, 0.15) is 63.5 Å². The smallest absolute Gasteiger partial charge is 0.122 e. The van der Waals surface area contributed by atoms with Gasteiger partial charge in [-0.25, -0.2) is 0 Å². The van der Waals surface area contributed by atoms with E-state index in [2.05, 4.69) is 37.8 Å². The van der Waals surface area contributed by atoms with Gasteiger partial charge in [-0.2, -0.15) is 0 Å². The zero-order chi connectivity index (χ0) is 13.6. The van der Waals surface area contributed by atoms with Gasteiger partial charge >= 0.3 is 0 Å². The topological polar surface area (TPSA) is 42.4 Å². The molecule has 1 aliphatic heterocycles. The van der Waals surface area contributed by atoms with E-state index < -0.39 is 0 Å². The third-order valence-electron chi connectivity index (χ3n) is 4.79. The quantitative estimate of drug-likeness (QED) is 0.909. The predicted molar refractivity (Wildman–Crippen MR) is 77.0 cm³/mol. The summed E-state index contributed by atoms with van der Waals surface area (Å²) < 4.78 is 6.15. The number of piperidine rings is 1. The molecule has 0 spiro atoms. The van der Waals surface area contributed by atoms with E-state index >= 15 is 0 Å². The average Bonchev–Trinajstić information content (AvgIpc) is 2.90. The summed E-state index contributed by atoms with van der Waals surface area (Å²) in [5, 5.41) is 0. The molecule has 0 radical (unpaired) electrons. The van der Waals surface area contributed by atoms with Crippen molar-refractivity contribution < 1.29 is 4.42 Å². The Morgan fingerprint density at radius 2 is 2.00 bits per heavy atom. The number of furan rings is 1. The minimum absolute atomic E-state index is 0.201. The Labute approximate surface area is 116 Å². The lowest BCUT2D eigenvalue weighted by Crippen LogP contribution is -2.48. The first-order valence-electron chi connectivity index (χ1n) is 7.69. The first-order valence-corrected chi connectivity index (χ1v) is 7.69. The van der Waals surface area contributed by atoms with Crippen molar-refractivity contribution in [3.05, 3.63) is 23.7 Å². The Bertz CT molecular complexity index is 440. The molecule has 1 aromatic heterocycles. The Balaban J connectivity index is 1.83. The van der Waals surface area contributed by atoms with Crippen LogP contribution in [-0.4, -0.2) is 23.5 Å². The fourth-order valence-corrected chi connectivity index (χ4v) is 3.45. The van der Waals surface area contributed by atoms with E-state index in [-0.39, 0.29) is 12.1 Å². The number of likely N-dealkylation sites (tertiary alicyclic amines) is 1. The van der Waals surface area contributed by atoms with Crippen molar-refractivity contribution in [1.82, 2.24) is 4.90 Å². The van der Waals surface area contributed by atoms with Crippen LogP contribution in [0.3, 0.4) is 0 Å². The number of rotatable bonds is 3. The maximum Gasteiger partial charge on any atom is 0.122 e. The molecule has 106 valence electrons. The molecule has 1 saturated carbocycles. The zero-order valence-corrected chi connectivity index (χ0v) is 12.3. The summed E-state index contributed by atoms with van der Waals surface area (Å²) >= 11 is 0. The van der Waals surface area contributed by atoms with Crippen LogP contribution in [0.5, 0.6) is 0 Å². The van der Waals surface area contributed by atoms with E-state index in [4.69, 9.17) is 10.2 Å². The minimum Gasteiger partial charge on any atom is -0.464 e. The zero-order valence-electron chi connectivity index (χ0n) is 12.3. The standard InChI is InChI=1S/C16H26N2O/c1-10(2)18-8-4-5-13(17)16(18)15-7-6-14(19-15)12-9-11(12)3/h6-7,10-13,16H,4-5,8-9,17H2,1-3H3. The van der Waals surface area contributed by atoms with E-state index in [0.29, 0.717) is 12.0 Å². The van der Waals surface area contributed by atoms with Gasteiger partial charge in [-0.1, -0.05) is 6.92 Å². The molecule has 0 aromatic carbocycles. The van der Waals surface area contributed by atoms with Crippen LogP contribution < -0.4 is 5.73 Å². The molecular formula is C16H26N2O. The molecule has 2 N–H and O–H groups in total. The number of hydrogen-bond donors (Lipinski definition) is 1. The largest absolute Gasteiger partial charge is 0.464 e. The van der Waals surface area contributed by atoms with E-state index in [0.717, 1.165) is 24.6 Å². The summed E-state index contributed by atoms with van der Waals surface area (Å²) in [4.78, 5) is 2.49. The molecule has 19 heavy (non-hydrogen) atoms. The number of hydrogen-bond acceptors (Lipinski definition) is 3. The second-order valence-electron chi connectivity index (χ2n) is 6.64. The highest BCUT2D eigenvalue weighted by Gasteiger charge is 2.39. The molecule has 2 fully saturated rings. The van der Waals surface area contributed by atoms with Crippen molar-refractivity contribution in [3.8, 4) is 0 Å². The second kappa shape index (κ2) is 4.95. The molecule has 3 heteroatoms. The lowest BCUT2D eigenvalue weighted by molar-refractivity contribution is 0.0788. The monoisotopic (exact) mass is 262 g/mol. The van der Waals surface area contributed by atoms with Crippen LogP contribution in [-0.2, 0) is 0 Å². The van der Waals surface area contributed by atoms with Gasteiger partial charge in [0, 0.05) is 18.0 Å². The van der Waals surface area contributed by atoms with Crippen molar-refractivity contribution in [2.75, 3.05) is 6.54 Å².